The molecule has 0 heterocycles. The summed E-state index contributed by atoms with van der Waals surface area (Å²) in [7, 11) is 4.18. The van der Waals surface area contributed by atoms with Crippen LogP contribution in [0.5, 0.6) is 0 Å². The monoisotopic (exact) mass is 313 g/mol. The Bertz CT molecular complexity index is 372. The van der Waals surface area contributed by atoms with Crippen molar-refractivity contribution in [3.63, 3.8) is 0 Å². The topological polar surface area (TPSA) is 58.4 Å². The number of nitrogens with one attached hydrogen (secondary N) is 1. The lowest BCUT2D eigenvalue weighted by atomic mass is 9.74. The van der Waals surface area contributed by atoms with Crippen LogP contribution >= 0.6 is 12.2 Å². The zero-order chi connectivity index (χ0) is 16.1. The minimum atomic E-state index is -0.671. The van der Waals surface area contributed by atoms with Gasteiger partial charge in [-0.3, -0.25) is 4.79 Å². The van der Waals surface area contributed by atoms with Gasteiger partial charge in [-0.15, -0.1) is 0 Å². The van der Waals surface area contributed by atoms with E-state index in [1.165, 1.54) is 6.42 Å². The van der Waals surface area contributed by atoms with Crippen molar-refractivity contribution >= 4 is 23.1 Å². The van der Waals surface area contributed by atoms with Gasteiger partial charge < -0.3 is 16.0 Å². The highest BCUT2D eigenvalue weighted by atomic mass is 32.1. The van der Waals surface area contributed by atoms with E-state index in [1.807, 2.05) is 0 Å². The molecular formula is C16H31N3OS. The van der Waals surface area contributed by atoms with E-state index in [4.69, 9.17) is 18.0 Å². The SMILES string of the molecule is CCCC(CCC)(C(=O)NCC1(N(C)C)CCC1)C(N)=S. The molecule has 0 radical (unpaired) electrons. The molecule has 1 amide bonds. The number of nitrogens with zero attached hydrogens (tertiary/aromatic N) is 1. The molecule has 3 N–H and O–H groups in total. The second kappa shape index (κ2) is 7.54. The summed E-state index contributed by atoms with van der Waals surface area (Å²) in [5, 5.41) is 3.15. The molecule has 1 saturated carbocycles. The van der Waals surface area contributed by atoms with Crippen LogP contribution in [0.3, 0.4) is 0 Å². The summed E-state index contributed by atoms with van der Waals surface area (Å²) in [6.45, 7) is 4.84. The lowest BCUT2D eigenvalue weighted by molar-refractivity contribution is -0.129. The molecule has 5 heteroatoms. The van der Waals surface area contributed by atoms with E-state index in [-0.39, 0.29) is 11.4 Å². The van der Waals surface area contributed by atoms with Crippen LogP contribution in [0.1, 0.15) is 58.8 Å². The van der Waals surface area contributed by atoms with Crippen molar-refractivity contribution in [2.75, 3.05) is 20.6 Å². The number of thiocarbonyl (C=S) groups is 1. The summed E-state index contributed by atoms with van der Waals surface area (Å²) in [5.41, 5.74) is 5.40. The first kappa shape index (κ1) is 18.4. The molecular weight excluding hydrogens is 282 g/mol. The molecule has 0 aliphatic heterocycles. The van der Waals surface area contributed by atoms with Crippen LogP contribution in [-0.2, 0) is 4.79 Å². The van der Waals surface area contributed by atoms with Gasteiger partial charge in [0.2, 0.25) is 5.91 Å². The number of hydrogen-bond donors (Lipinski definition) is 2. The summed E-state index contributed by atoms with van der Waals surface area (Å²) >= 11 is 5.24. The van der Waals surface area contributed by atoms with Gasteiger partial charge in [0.25, 0.3) is 0 Å². The number of carbonyl (C=O) groups is 1. The highest BCUT2D eigenvalue weighted by molar-refractivity contribution is 7.80. The summed E-state index contributed by atoms with van der Waals surface area (Å²) in [4.78, 5) is 15.4. The quantitative estimate of drug-likeness (QED) is 0.642. The first-order chi connectivity index (χ1) is 9.84. The number of amides is 1. The molecule has 0 aromatic rings. The van der Waals surface area contributed by atoms with Gasteiger partial charge in [0.15, 0.2) is 0 Å². The van der Waals surface area contributed by atoms with Crippen molar-refractivity contribution in [2.45, 2.75) is 64.3 Å². The molecule has 1 fully saturated rings. The number of rotatable bonds is 9. The van der Waals surface area contributed by atoms with Crippen LogP contribution in [0.4, 0.5) is 0 Å². The van der Waals surface area contributed by atoms with Gasteiger partial charge in [-0.1, -0.05) is 38.9 Å². The molecule has 122 valence electrons. The Morgan fingerprint density at radius 2 is 1.81 bits per heavy atom. The number of hydrogen-bond acceptors (Lipinski definition) is 3. The van der Waals surface area contributed by atoms with Gasteiger partial charge in [-0.05, 0) is 46.2 Å². The lowest BCUT2D eigenvalue weighted by Crippen LogP contribution is -2.59. The third-order valence-electron chi connectivity index (χ3n) is 5.07. The number of carbonyl (C=O) groups excluding carboxylic acids is 1. The Hall–Kier alpha value is -0.680. The van der Waals surface area contributed by atoms with E-state index in [0.29, 0.717) is 11.5 Å². The average Bonchev–Trinajstić information content (AvgIpc) is 2.35. The molecule has 1 aliphatic carbocycles. The molecule has 0 unspecified atom stereocenters. The maximum Gasteiger partial charge on any atom is 0.233 e. The zero-order valence-corrected chi connectivity index (χ0v) is 14.8. The fourth-order valence-corrected chi connectivity index (χ4v) is 3.64. The Morgan fingerprint density at radius 3 is 2.10 bits per heavy atom. The van der Waals surface area contributed by atoms with Crippen molar-refractivity contribution in [3.05, 3.63) is 0 Å². The standard InChI is InChI=1S/C16H31N3OS/c1-5-8-16(9-6-2,13(17)21)14(20)18-12-15(19(3)4)10-7-11-15/h5-12H2,1-4H3,(H2,17,21)(H,18,20). The van der Waals surface area contributed by atoms with E-state index >= 15 is 0 Å². The van der Waals surface area contributed by atoms with Crippen LogP contribution in [0.15, 0.2) is 0 Å². The first-order valence-electron chi connectivity index (χ1n) is 8.10. The second-order valence-electron chi connectivity index (χ2n) is 6.60. The minimum Gasteiger partial charge on any atom is -0.392 e. The fourth-order valence-electron chi connectivity index (χ4n) is 3.34. The average molecular weight is 314 g/mol. The van der Waals surface area contributed by atoms with E-state index < -0.39 is 5.41 Å². The van der Waals surface area contributed by atoms with Crippen molar-refractivity contribution in [3.8, 4) is 0 Å². The van der Waals surface area contributed by atoms with Crippen molar-refractivity contribution in [2.24, 2.45) is 11.1 Å². The Morgan fingerprint density at radius 1 is 1.29 bits per heavy atom. The van der Waals surface area contributed by atoms with Crippen molar-refractivity contribution < 1.29 is 4.79 Å². The molecule has 1 rings (SSSR count). The van der Waals surface area contributed by atoms with Gasteiger partial charge in [0, 0.05) is 12.1 Å². The molecule has 4 nitrogen and oxygen atoms in total. The van der Waals surface area contributed by atoms with Gasteiger partial charge in [-0.2, -0.15) is 0 Å². The molecule has 0 bridgehead atoms. The van der Waals surface area contributed by atoms with Crippen LogP contribution in [0, 0.1) is 5.41 Å². The normalized spacial score (nSPS) is 17.4. The lowest BCUT2D eigenvalue weighted by Gasteiger charge is -2.48. The maximum atomic E-state index is 12.8. The van der Waals surface area contributed by atoms with Gasteiger partial charge in [0.05, 0.1) is 10.4 Å². The predicted molar refractivity (Wildman–Crippen MR) is 92.3 cm³/mol. The van der Waals surface area contributed by atoms with Crippen LogP contribution in [-0.4, -0.2) is 42.0 Å². The molecule has 0 saturated heterocycles. The van der Waals surface area contributed by atoms with Gasteiger partial charge in [-0.25, -0.2) is 0 Å². The highest BCUT2D eigenvalue weighted by Gasteiger charge is 2.43. The molecule has 0 aromatic heterocycles. The number of likely N-dealkylation sites (N-methyl/N-ethyl adjacent to an activating group) is 1. The molecule has 0 spiro atoms. The van der Waals surface area contributed by atoms with E-state index in [2.05, 4.69) is 38.2 Å². The summed E-state index contributed by atoms with van der Waals surface area (Å²) in [5.74, 6) is 0.0202. The largest absolute Gasteiger partial charge is 0.392 e. The third-order valence-corrected chi connectivity index (χ3v) is 5.46. The maximum absolute atomic E-state index is 12.8. The van der Waals surface area contributed by atoms with Crippen molar-refractivity contribution in [1.29, 1.82) is 0 Å². The Balaban J connectivity index is 2.79. The second-order valence-corrected chi connectivity index (χ2v) is 7.04. The molecule has 0 aromatic carbocycles. The smallest absolute Gasteiger partial charge is 0.233 e. The molecule has 0 atom stereocenters. The van der Waals surface area contributed by atoms with Gasteiger partial charge in [0.1, 0.15) is 0 Å². The fraction of sp³-hybridized carbons (Fsp3) is 0.875. The van der Waals surface area contributed by atoms with E-state index in [1.54, 1.807) is 0 Å². The third kappa shape index (κ3) is 3.75. The highest BCUT2D eigenvalue weighted by Crippen LogP contribution is 2.36. The number of nitrogens with two attached hydrogens (primary N) is 1. The molecule has 21 heavy (non-hydrogen) atoms. The Labute approximate surface area is 134 Å². The van der Waals surface area contributed by atoms with Crippen molar-refractivity contribution in [1.82, 2.24) is 10.2 Å². The van der Waals surface area contributed by atoms with E-state index in [0.717, 1.165) is 38.5 Å². The summed E-state index contributed by atoms with van der Waals surface area (Å²) in [6.07, 6.45) is 6.79. The van der Waals surface area contributed by atoms with Gasteiger partial charge >= 0.3 is 0 Å². The van der Waals surface area contributed by atoms with Crippen LogP contribution in [0.25, 0.3) is 0 Å². The zero-order valence-electron chi connectivity index (χ0n) is 14.0. The van der Waals surface area contributed by atoms with Crippen LogP contribution in [0.2, 0.25) is 0 Å². The summed E-state index contributed by atoms with van der Waals surface area (Å²) < 4.78 is 0. The first-order valence-corrected chi connectivity index (χ1v) is 8.51. The Kier molecular flexibility index (Phi) is 6.60. The predicted octanol–water partition coefficient (Wildman–Crippen LogP) is 2.46. The summed E-state index contributed by atoms with van der Waals surface area (Å²) in [6, 6.07) is 0. The molecule has 1 aliphatic rings. The van der Waals surface area contributed by atoms with Crippen LogP contribution < -0.4 is 11.1 Å². The minimum absolute atomic E-state index is 0.0202. The van der Waals surface area contributed by atoms with E-state index in [9.17, 15) is 4.79 Å².